The number of sulfonamides is 1. The van der Waals surface area contributed by atoms with E-state index in [9.17, 15) is 12.8 Å². The first-order chi connectivity index (χ1) is 9.77. The van der Waals surface area contributed by atoms with Gasteiger partial charge in [-0.2, -0.15) is 0 Å². The summed E-state index contributed by atoms with van der Waals surface area (Å²) in [5, 5.41) is 0. The van der Waals surface area contributed by atoms with Crippen molar-refractivity contribution >= 4 is 15.7 Å². The molecule has 7 heteroatoms. The van der Waals surface area contributed by atoms with Crippen molar-refractivity contribution in [3.8, 4) is 0 Å². The fourth-order valence-corrected chi connectivity index (χ4v) is 4.12. The van der Waals surface area contributed by atoms with Crippen LogP contribution in [-0.4, -0.2) is 39.5 Å². The summed E-state index contributed by atoms with van der Waals surface area (Å²) in [7, 11) is 0.193. The van der Waals surface area contributed by atoms with Crippen LogP contribution in [0.5, 0.6) is 0 Å². The number of hydrogen-bond acceptors (Lipinski definition) is 4. The number of nitrogen functional groups attached to an aromatic ring is 1. The Balaban J connectivity index is 2.18. The second-order valence-electron chi connectivity index (χ2n) is 5.83. The van der Waals surface area contributed by atoms with Crippen LogP contribution in [0.15, 0.2) is 23.1 Å². The van der Waals surface area contributed by atoms with Crippen molar-refractivity contribution in [2.24, 2.45) is 0 Å². The number of anilines is 1. The Bertz CT molecular complexity index is 611. The average Bonchev–Trinajstić information content (AvgIpc) is 2.86. The zero-order chi connectivity index (χ0) is 15.7. The number of likely N-dealkylation sites (N-methyl/N-ethyl adjacent to an activating group) is 1. The van der Waals surface area contributed by atoms with Crippen molar-refractivity contribution in [3.05, 3.63) is 24.0 Å². The van der Waals surface area contributed by atoms with Gasteiger partial charge in [-0.3, -0.25) is 0 Å². The molecule has 0 saturated heterocycles. The maximum Gasteiger partial charge on any atom is 0.242 e. The average molecular weight is 315 g/mol. The quantitative estimate of drug-likeness (QED) is 0.809. The third-order valence-electron chi connectivity index (χ3n) is 4.34. The van der Waals surface area contributed by atoms with Crippen molar-refractivity contribution in [1.82, 2.24) is 9.62 Å². The fourth-order valence-electron chi connectivity index (χ4n) is 2.89. The monoisotopic (exact) mass is 315 g/mol. The molecule has 2 rings (SSSR count). The molecule has 0 amide bonds. The third-order valence-corrected chi connectivity index (χ3v) is 5.81. The highest BCUT2D eigenvalue weighted by atomic mass is 32.2. The molecule has 21 heavy (non-hydrogen) atoms. The van der Waals surface area contributed by atoms with E-state index < -0.39 is 15.8 Å². The summed E-state index contributed by atoms with van der Waals surface area (Å²) in [6.07, 6.45) is 4.11. The Morgan fingerprint density at radius 1 is 1.33 bits per heavy atom. The Morgan fingerprint density at radius 3 is 2.48 bits per heavy atom. The molecule has 0 bridgehead atoms. The van der Waals surface area contributed by atoms with Crippen molar-refractivity contribution in [2.75, 3.05) is 26.4 Å². The van der Waals surface area contributed by atoms with Crippen molar-refractivity contribution in [2.45, 2.75) is 36.1 Å². The topological polar surface area (TPSA) is 75.4 Å². The first-order valence-corrected chi connectivity index (χ1v) is 8.47. The van der Waals surface area contributed by atoms with E-state index in [2.05, 4.69) is 9.62 Å². The lowest BCUT2D eigenvalue weighted by Crippen LogP contribution is -2.50. The van der Waals surface area contributed by atoms with Crippen LogP contribution in [0.1, 0.15) is 25.7 Å². The van der Waals surface area contributed by atoms with E-state index in [1.54, 1.807) is 0 Å². The minimum absolute atomic E-state index is 0.0733. The molecule has 0 unspecified atom stereocenters. The summed E-state index contributed by atoms with van der Waals surface area (Å²) < 4.78 is 40.4. The first-order valence-electron chi connectivity index (χ1n) is 6.99. The molecule has 0 atom stereocenters. The van der Waals surface area contributed by atoms with Gasteiger partial charge in [-0.25, -0.2) is 17.5 Å². The van der Waals surface area contributed by atoms with Crippen LogP contribution in [0, 0.1) is 5.82 Å². The normalized spacial score (nSPS) is 18.3. The number of benzene rings is 1. The molecule has 118 valence electrons. The molecule has 0 spiro atoms. The second-order valence-corrected chi connectivity index (χ2v) is 7.57. The smallest absolute Gasteiger partial charge is 0.242 e. The minimum atomic E-state index is -3.74. The number of nitrogens with zero attached hydrogens (tertiary/aromatic N) is 1. The van der Waals surface area contributed by atoms with Gasteiger partial charge in [0, 0.05) is 12.1 Å². The standard InChI is InChI=1S/C14H22FN3O2S/c1-18(2)14(7-3-4-8-14)10-17-21(19,20)13-6-5-11(15)9-12(13)16/h5-6,9,17H,3-4,7-8,10,16H2,1-2H3. The Labute approximate surface area is 125 Å². The molecule has 1 fully saturated rings. The van der Waals surface area contributed by atoms with Gasteiger partial charge in [0.1, 0.15) is 10.7 Å². The minimum Gasteiger partial charge on any atom is -0.398 e. The van der Waals surface area contributed by atoms with Gasteiger partial charge in [0.15, 0.2) is 0 Å². The Morgan fingerprint density at radius 2 is 1.95 bits per heavy atom. The highest BCUT2D eigenvalue weighted by Gasteiger charge is 2.37. The number of nitrogens with two attached hydrogens (primary N) is 1. The zero-order valence-electron chi connectivity index (χ0n) is 12.4. The number of nitrogens with one attached hydrogen (secondary N) is 1. The molecule has 1 aromatic rings. The second kappa shape index (κ2) is 5.90. The van der Waals surface area contributed by atoms with Crippen molar-refractivity contribution in [1.29, 1.82) is 0 Å². The lowest BCUT2D eigenvalue weighted by atomic mass is 9.97. The zero-order valence-corrected chi connectivity index (χ0v) is 13.2. The van der Waals surface area contributed by atoms with Gasteiger partial charge in [0.2, 0.25) is 10.0 Å². The number of rotatable bonds is 5. The van der Waals surface area contributed by atoms with Crippen LogP contribution in [0.3, 0.4) is 0 Å². The van der Waals surface area contributed by atoms with Gasteiger partial charge < -0.3 is 10.6 Å². The van der Waals surface area contributed by atoms with E-state index in [1.807, 2.05) is 14.1 Å². The fraction of sp³-hybridized carbons (Fsp3) is 0.571. The molecule has 1 saturated carbocycles. The van der Waals surface area contributed by atoms with Gasteiger partial charge in [-0.1, -0.05) is 12.8 Å². The maximum absolute atomic E-state index is 13.0. The molecule has 1 aliphatic carbocycles. The molecular formula is C14H22FN3O2S. The predicted octanol–water partition coefficient (Wildman–Crippen LogP) is 1.56. The summed E-state index contributed by atoms with van der Waals surface area (Å²) in [5.41, 5.74) is 5.39. The summed E-state index contributed by atoms with van der Waals surface area (Å²) in [4.78, 5) is 2.01. The van der Waals surface area contributed by atoms with Crippen LogP contribution in [0.4, 0.5) is 10.1 Å². The van der Waals surface area contributed by atoms with Crippen molar-refractivity contribution in [3.63, 3.8) is 0 Å². The highest BCUT2D eigenvalue weighted by molar-refractivity contribution is 7.89. The van der Waals surface area contributed by atoms with E-state index in [1.165, 1.54) is 6.07 Å². The van der Waals surface area contributed by atoms with Crippen LogP contribution in [-0.2, 0) is 10.0 Å². The lowest BCUT2D eigenvalue weighted by molar-refractivity contribution is 0.162. The molecule has 5 nitrogen and oxygen atoms in total. The summed E-state index contributed by atoms with van der Waals surface area (Å²) in [5.74, 6) is -0.549. The van der Waals surface area contributed by atoms with E-state index in [-0.39, 0.29) is 16.1 Å². The van der Waals surface area contributed by atoms with Crippen LogP contribution >= 0.6 is 0 Å². The van der Waals surface area contributed by atoms with Crippen molar-refractivity contribution < 1.29 is 12.8 Å². The molecule has 0 radical (unpaired) electrons. The van der Waals surface area contributed by atoms with E-state index in [0.29, 0.717) is 6.54 Å². The summed E-state index contributed by atoms with van der Waals surface area (Å²) >= 11 is 0. The molecule has 1 aliphatic rings. The molecular weight excluding hydrogens is 293 g/mol. The van der Waals surface area contributed by atoms with Gasteiger partial charge >= 0.3 is 0 Å². The van der Waals surface area contributed by atoms with Gasteiger partial charge in [-0.15, -0.1) is 0 Å². The maximum atomic E-state index is 13.0. The summed E-state index contributed by atoms with van der Waals surface area (Å²) in [6.45, 7) is 0.332. The van der Waals surface area contributed by atoms with E-state index in [0.717, 1.165) is 37.8 Å². The Hall–Kier alpha value is -1.18. The highest BCUT2D eigenvalue weighted by Crippen LogP contribution is 2.33. The molecule has 1 aromatic carbocycles. The van der Waals surface area contributed by atoms with Crippen LogP contribution < -0.4 is 10.5 Å². The molecule has 0 heterocycles. The largest absolute Gasteiger partial charge is 0.398 e. The van der Waals surface area contributed by atoms with Gasteiger partial charge in [-0.05, 0) is 45.1 Å². The Kier molecular flexibility index (Phi) is 4.55. The van der Waals surface area contributed by atoms with Gasteiger partial charge in [0.05, 0.1) is 5.69 Å². The lowest BCUT2D eigenvalue weighted by Gasteiger charge is -2.36. The van der Waals surface area contributed by atoms with E-state index in [4.69, 9.17) is 5.73 Å². The van der Waals surface area contributed by atoms with Gasteiger partial charge in [0.25, 0.3) is 0 Å². The molecule has 3 N–H and O–H groups in total. The first kappa shape index (κ1) is 16.2. The van der Waals surface area contributed by atoms with Crippen LogP contribution in [0.25, 0.3) is 0 Å². The summed E-state index contributed by atoms with van der Waals surface area (Å²) in [6, 6.07) is 3.32. The third kappa shape index (κ3) is 3.36. The molecule has 0 aromatic heterocycles. The van der Waals surface area contributed by atoms with Crippen LogP contribution in [0.2, 0.25) is 0 Å². The number of hydrogen-bond donors (Lipinski definition) is 2. The predicted molar refractivity (Wildman–Crippen MR) is 80.9 cm³/mol. The molecule has 0 aliphatic heterocycles. The SMILES string of the molecule is CN(C)C1(CNS(=O)(=O)c2ccc(F)cc2N)CCCC1. The van der Waals surface area contributed by atoms with E-state index >= 15 is 0 Å². The number of halogens is 1.